The van der Waals surface area contributed by atoms with Crippen LogP contribution in [0.2, 0.25) is 0 Å². The summed E-state index contributed by atoms with van der Waals surface area (Å²) in [5.41, 5.74) is 2.18. The minimum absolute atomic E-state index is 0.205. The molecule has 2 heterocycles. The monoisotopic (exact) mass is 366 g/mol. The van der Waals surface area contributed by atoms with Crippen LogP contribution in [0.5, 0.6) is 0 Å². The fraction of sp³-hybridized carbons (Fsp3) is 0.375. The Balaban J connectivity index is 1.69. The highest BCUT2D eigenvalue weighted by Crippen LogP contribution is 2.23. The van der Waals surface area contributed by atoms with Crippen LogP contribution in [0.3, 0.4) is 0 Å². The summed E-state index contributed by atoms with van der Waals surface area (Å²) >= 11 is 0. The van der Waals surface area contributed by atoms with E-state index in [1.807, 2.05) is 0 Å². The number of nitrogens with one attached hydrogen (secondary N) is 2. The van der Waals surface area contributed by atoms with Crippen molar-refractivity contribution in [2.45, 2.75) is 25.4 Å². The van der Waals surface area contributed by atoms with E-state index in [2.05, 4.69) is 15.5 Å². The molecule has 3 rings (SSSR count). The molecule has 9 heteroatoms. The van der Waals surface area contributed by atoms with Crippen molar-refractivity contribution in [3.63, 3.8) is 0 Å². The lowest BCUT2D eigenvalue weighted by atomic mass is 10.1. The number of aromatic nitrogens is 2. The lowest BCUT2D eigenvalue weighted by Gasteiger charge is -2.21. The maximum Gasteiger partial charge on any atom is 0.238 e. The highest BCUT2D eigenvalue weighted by atomic mass is 32.2. The second-order valence-corrected chi connectivity index (χ2v) is 7.96. The number of aromatic amines is 1. The molecule has 0 saturated carbocycles. The van der Waals surface area contributed by atoms with Gasteiger partial charge >= 0.3 is 0 Å². The van der Waals surface area contributed by atoms with E-state index in [0.717, 1.165) is 17.4 Å². The van der Waals surface area contributed by atoms with Gasteiger partial charge in [0, 0.05) is 24.2 Å². The fourth-order valence-corrected chi connectivity index (χ4v) is 4.14. The molecule has 0 unspecified atom stereocenters. The van der Waals surface area contributed by atoms with Crippen molar-refractivity contribution in [3.05, 3.63) is 41.8 Å². The molecule has 1 aliphatic rings. The average molecular weight is 366 g/mol. The van der Waals surface area contributed by atoms with Gasteiger partial charge < -0.3 is 5.32 Å². The summed E-state index contributed by atoms with van der Waals surface area (Å²) in [6.45, 7) is 0.569. The molecule has 0 aliphatic carbocycles. The van der Waals surface area contributed by atoms with Gasteiger partial charge in [-0.05, 0) is 37.1 Å². The quantitative estimate of drug-likeness (QED) is 0.833. The van der Waals surface area contributed by atoms with E-state index in [1.165, 1.54) is 16.4 Å². The Hall–Kier alpha value is -2.26. The van der Waals surface area contributed by atoms with Gasteiger partial charge in [0.25, 0.3) is 0 Å². The number of hydrogen-bond acceptors (Lipinski definition) is 4. The molecule has 25 heavy (non-hydrogen) atoms. The highest BCUT2D eigenvalue weighted by Gasteiger charge is 2.36. The maximum atomic E-state index is 13.1. The molecular formula is C16H19FN4O3S. The number of H-pyrrole nitrogens is 1. The molecular weight excluding hydrogens is 347 g/mol. The highest BCUT2D eigenvalue weighted by molar-refractivity contribution is 7.88. The number of carbonyl (C=O) groups excluding carboxylic acids is 1. The third-order valence-electron chi connectivity index (χ3n) is 4.24. The summed E-state index contributed by atoms with van der Waals surface area (Å²) in [7, 11) is -3.41. The standard InChI is InChI=1S/C16H19FN4O3S/c1-25(23,24)21-8-2-3-14(21)16(22)18-9-12-10-19-20-15(12)11-4-6-13(17)7-5-11/h4-7,10,14H,2-3,8-9H2,1H3,(H,18,22)(H,19,20)/t14-/m0/s1. The Bertz CT molecular complexity index is 864. The van der Waals surface area contributed by atoms with Crippen molar-refractivity contribution >= 4 is 15.9 Å². The van der Waals surface area contributed by atoms with E-state index in [4.69, 9.17) is 0 Å². The molecule has 0 bridgehead atoms. The van der Waals surface area contributed by atoms with Crippen LogP contribution in [0.25, 0.3) is 11.3 Å². The van der Waals surface area contributed by atoms with Crippen LogP contribution < -0.4 is 5.32 Å². The van der Waals surface area contributed by atoms with E-state index in [0.29, 0.717) is 25.1 Å². The van der Waals surface area contributed by atoms with E-state index in [1.54, 1.807) is 18.3 Å². The Morgan fingerprint density at radius 3 is 2.80 bits per heavy atom. The maximum absolute atomic E-state index is 13.1. The zero-order valence-electron chi connectivity index (χ0n) is 13.7. The van der Waals surface area contributed by atoms with Crippen molar-refractivity contribution in [1.29, 1.82) is 0 Å². The zero-order valence-corrected chi connectivity index (χ0v) is 14.5. The first-order chi connectivity index (χ1) is 11.9. The lowest BCUT2D eigenvalue weighted by Crippen LogP contribution is -2.45. The molecule has 0 spiro atoms. The van der Waals surface area contributed by atoms with Crippen LogP contribution in [-0.2, 0) is 21.4 Å². The molecule has 1 aromatic carbocycles. The molecule has 1 aromatic heterocycles. The molecule has 0 radical (unpaired) electrons. The molecule has 2 N–H and O–H groups in total. The zero-order chi connectivity index (χ0) is 18.0. The van der Waals surface area contributed by atoms with E-state index >= 15 is 0 Å². The first-order valence-electron chi connectivity index (χ1n) is 7.89. The van der Waals surface area contributed by atoms with Gasteiger partial charge in [0.2, 0.25) is 15.9 Å². The van der Waals surface area contributed by atoms with Crippen LogP contribution in [0.4, 0.5) is 4.39 Å². The molecule has 2 aromatic rings. The first-order valence-corrected chi connectivity index (χ1v) is 9.74. The Kier molecular flexibility index (Phi) is 4.87. The number of halogens is 1. The van der Waals surface area contributed by atoms with Crippen LogP contribution in [-0.4, -0.2) is 47.7 Å². The first kappa shape index (κ1) is 17.6. The van der Waals surface area contributed by atoms with Gasteiger partial charge in [-0.3, -0.25) is 9.89 Å². The largest absolute Gasteiger partial charge is 0.350 e. The molecule has 1 saturated heterocycles. The second-order valence-electron chi connectivity index (χ2n) is 6.03. The second kappa shape index (κ2) is 6.93. The van der Waals surface area contributed by atoms with Crippen molar-refractivity contribution < 1.29 is 17.6 Å². The topological polar surface area (TPSA) is 95.2 Å². The predicted molar refractivity (Wildman–Crippen MR) is 90.4 cm³/mol. The lowest BCUT2D eigenvalue weighted by molar-refractivity contribution is -0.124. The third kappa shape index (κ3) is 3.88. The van der Waals surface area contributed by atoms with Gasteiger partial charge in [-0.1, -0.05) is 0 Å². The van der Waals surface area contributed by atoms with E-state index < -0.39 is 16.1 Å². The summed E-state index contributed by atoms with van der Waals surface area (Å²) in [5.74, 6) is -0.658. The average Bonchev–Trinajstić information content (AvgIpc) is 3.22. The van der Waals surface area contributed by atoms with Crippen molar-refractivity contribution in [2.24, 2.45) is 0 Å². The SMILES string of the molecule is CS(=O)(=O)N1CCC[C@H]1C(=O)NCc1cn[nH]c1-c1ccc(F)cc1. The van der Waals surface area contributed by atoms with Crippen LogP contribution in [0.15, 0.2) is 30.5 Å². The summed E-state index contributed by atoms with van der Waals surface area (Å²) in [5, 5.41) is 9.58. The predicted octanol–water partition coefficient (Wildman–Crippen LogP) is 1.26. The molecule has 134 valence electrons. The smallest absolute Gasteiger partial charge is 0.238 e. The van der Waals surface area contributed by atoms with Gasteiger partial charge in [0.05, 0.1) is 18.1 Å². The van der Waals surface area contributed by atoms with Gasteiger partial charge in [0.15, 0.2) is 0 Å². The van der Waals surface area contributed by atoms with Crippen molar-refractivity contribution in [2.75, 3.05) is 12.8 Å². The summed E-state index contributed by atoms with van der Waals surface area (Å²) in [6.07, 6.45) is 3.87. The minimum Gasteiger partial charge on any atom is -0.350 e. The van der Waals surface area contributed by atoms with Gasteiger partial charge in [0.1, 0.15) is 11.9 Å². The number of hydrogen-bond donors (Lipinski definition) is 2. The van der Waals surface area contributed by atoms with E-state index in [-0.39, 0.29) is 18.3 Å². The Morgan fingerprint density at radius 1 is 1.40 bits per heavy atom. The van der Waals surface area contributed by atoms with Gasteiger partial charge in [-0.25, -0.2) is 12.8 Å². The molecule has 1 aliphatic heterocycles. The fourth-order valence-electron chi connectivity index (χ4n) is 3.01. The summed E-state index contributed by atoms with van der Waals surface area (Å²) in [6, 6.07) is 5.27. The summed E-state index contributed by atoms with van der Waals surface area (Å²) in [4.78, 5) is 12.4. The van der Waals surface area contributed by atoms with Crippen molar-refractivity contribution in [1.82, 2.24) is 19.8 Å². The number of rotatable bonds is 5. The van der Waals surface area contributed by atoms with Gasteiger partial charge in [-0.15, -0.1) is 0 Å². The normalized spacial score (nSPS) is 18.4. The van der Waals surface area contributed by atoms with Crippen molar-refractivity contribution in [3.8, 4) is 11.3 Å². The number of nitrogens with zero attached hydrogens (tertiary/aromatic N) is 2. The van der Waals surface area contributed by atoms with Crippen LogP contribution >= 0.6 is 0 Å². The Morgan fingerprint density at radius 2 is 2.12 bits per heavy atom. The Labute approximate surface area is 145 Å². The summed E-state index contributed by atoms with van der Waals surface area (Å²) < 4.78 is 37.8. The van der Waals surface area contributed by atoms with Gasteiger partial charge in [-0.2, -0.15) is 9.40 Å². The number of benzene rings is 1. The molecule has 7 nitrogen and oxygen atoms in total. The number of sulfonamides is 1. The van der Waals surface area contributed by atoms with Crippen LogP contribution in [0, 0.1) is 5.82 Å². The number of amides is 1. The van der Waals surface area contributed by atoms with Crippen LogP contribution in [0.1, 0.15) is 18.4 Å². The number of carbonyl (C=O) groups is 1. The molecule has 1 amide bonds. The third-order valence-corrected chi connectivity index (χ3v) is 5.53. The molecule has 1 fully saturated rings. The molecule has 1 atom stereocenters. The minimum atomic E-state index is -3.41. The van der Waals surface area contributed by atoms with E-state index in [9.17, 15) is 17.6 Å².